The van der Waals surface area contributed by atoms with Gasteiger partial charge < -0.3 is 20.1 Å². The molecule has 0 aromatic heterocycles. The summed E-state index contributed by atoms with van der Waals surface area (Å²) in [6, 6.07) is -0.306. The topological polar surface area (TPSA) is 78.9 Å². The van der Waals surface area contributed by atoms with E-state index in [0.717, 1.165) is 25.9 Å². The predicted molar refractivity (Wildman–Crippen MR) is 69.0 cm³/mol. The summed E-state index contributed by atoms with van der Waals surface area (Å²) in [5.74, 6) is -0.941. The van der Waals surface area contributed by atoms with Crippen molar-refractivity contribution in [3.63, 3.8) is 0 Å². The number of carboxylic acids is 1. The van der Waals surface area contributed by atoms with Gasteiger partial charge in [0.15, 0.2) is 0 Å². The summed E-state index contributed by atoms with van der Waals surface area (Å²) in [6.07, 6.45) is 3.15. The second kappa shape index (κ2) is 5.00. The van der Waals surface area contributed by atoms with Crippen molar-refractivity contribution in [3.8, 4) is 0 Å². The fourth-order valence-corrected chi connectivity index (χ4v) is 2.85. The average Bonchev–Trinajstić information content (AvgIpc) is 2.94. The molecular weight excluding hydrogens is 248 g/mol. The molecule has 6 nitrogen and oxygen atoms in total. The van der Waals surface area contributed by atoms with Gasteiger partial charge in [-0.1, -0.05) is 0 Å². The van der Waals surface area contributed by atoms with Gasteiger partial charge in [0.1, 0.15) is 5.54 Å². The van der Waals surface area contributed by atoms with Crippen LogP contribution >= 0.6 is 0 Å². The molecule has 2 aliphatic rings. The molecule has 2 saturated heterocycles. The van der Waals surface area contributed by atoms with Gasteiger partial charge in [0.05, 0.1) is 5.60 Å². The first-order valence-corrected chi connectivity index (χ1v) is 6.80. The molecule has 2 fully saturated rings. The third kappa shape index (κ3) is 2.68. The first-order chi connectivity index (χ1) is 8.87. The monoisotopic (exact) mass is 270 g/mol. The smallest absolute Gasteiger partial charge is 0.329 e. The van der Waals surface area contributed by atoms with Crippen LogP contribution in [-0.4, -0.2) is 52.8 Å². The van der Waals surface area contributed by atoms with E-state index in [-0.39, 0.29) is 11.6 Å². The number of carbonyl (C=O) groups is 2. The highest BCUT2D eigenvalue weighted by atomic mass is 16.5. The lowest BCUT2D eigenvalue weighted by Crippen LogP contribution is -2.55. The molecule has 0 aromatic rings. The van der Waals surface area contributed by atoms with E-state index >= 15 is 0 Å². The number of hydrogen-bond acceptors (Lipinski definition) is 3. The molecule has 0 radical (unpaired) electrons. The number of likely N-dealkylation sites (tertiary alicyclic amines) is 1. The van der Waals surface area contributed by atoms with Crippen molar-refractivity contribution in [2.45, 2.75) is 50.7 Å². The van der Waals surface area contributed by atoms with Crippen LogP contribution in [0.25, 0.3) is 0 Å². The molecular formula is C13H22N2O4. The van der Waals surface area contributed by atoms with Crippen LogP contribution in [-0.2, 0) is 9.53 Å². The number of carbonyl (C=O) groups excluding carboxylic acids is 1. The molecule has 2 aliphatic heterocycles. The van der Waals surface area contributed by atoms with E-state index in [2.05, 4.69) is 5.32 Å². The summed E-state index contributed by atoms with van der Waals surface area (Å²) < 4.78 is 5.60. The Hall–Kier alpha value is -1.30. The number of hydrogen-bond donors (Lipinski definition) is 2. The maximum atomic E-state index is 12.2. The van der Waals surface area contributed by atoms with Crippen LogP contribution in [0.3, 0.4) is 0 Å². The third-order valence-corrected chi connectivity index (χ3v) is 4.26. The molecule has 0 bridgehead atoms. The zero-order valence-corrected chi connectivity index (χ0v) is 11.6. The normalized spacial score (nSPS) is 34.5. The van der Waals surface area contributed by atoms with Gasteiger partial charge in [-0.2, -0.15) is 0 Å². The standard InChI is InChI=1S/C13H22N2O4/c1-12(5-4-8-19-12)9-14-11(18)15-7-3-6-13(15,2)10(16)17/h3-9H2,1-2H3,(H,14,18)(H,16,17). The number of urea groups is 1. The van der Waals surface area contributed by atoms with Gasteiger partial charge in [-0.25, -0.2) is 9.59 Å². The van der Waals surface area contributed by atoms with Gasteiger partial charge in [0.25, 0.3) is 0 Å². The number of nitrogens with zero attached hydrogens (tertiary/aromatic N) is 1. The van der Waals surface area contributed by atoms with Gasteiger partial charge in [-0.05, 0) is 39.5 Å². The summed E-state index contributed by atoms with van der Waals surface area (Å²) in [7, 11) is 0. The SMILES string of the molecule is CC1(CNC(=O)N2CCCC2(C)C(=O)O)CCCO1. The minimum absolute atomic E-state index is 0.306. The van der Waals surface area contributed by atoms with Crippen molar-refractivity contribution in [3.05, 3.63) is 0 Å². The van der Waals surface area contributed by atoms with Crippen molar-refractivity contribution in [1.82, 2.24) is 10.2 Å². The molecule has 2 atom stereocenters. The zero-order valence-electron chi connectivity index (χ0n) is 11.6. The Balaban J connectivity index is 1.94. The highest BCUT2D eigenvalue weighted by molar-refractivity contribution is 5.86. The molecule has 108 valence electrons. The van der Waals surface area contributed by atoms with E-state index in [1.807, 2.05) is 6.92 Å². The Kier molecular flexibility index (Phi) is 3.71. The van der Waals surface area contributed by atoms with Gasteiger partial charge in [0.2, 0.25) is 0 Å². The molecule has 19 heavy (non-hydrogen) atoms. The molecule has 0 spiro atoms. The zero-order chi connectivity index (χ0) is 14.1. The van der Waals surface area contributed by atoms with Gasteiger partial charge >= 0.3 is 12.0 Å². The highest BCUT2D eigenvalue weighted by Crippen LogP contribution is 2.29. The number of amides is 2. The van der Waals surface area contributed by atoms with Crippen LogP contribution in [0, 0.1) is 0 Å². The summed E-state index contributed by atoms with van der Waals surface area (Å²) in [6.45, 7) is 5.23. The van der Waals surface area contributed by atoms with E-state index in [1.54, 1.807) is 6.92 Å². The molecule has 0 saturated carbocycles. The quantitative estimate of drug-likeness (QED) is 0.807. The average molecular weight is 270 g/mol. The van der Waals surface area contributed by atoms with E-state index in [9.17, 15) is 14.7 Å². The molecule has 2 rings (SSSR count). The number of carboxylic acid groups (broad SMARTS) is 1. The van der Waals surface area contributed by atoms with E-state index in [4.69, 9.17) is 4.74 Å². The highest BCUT2D eigenvalue weighted by Gasteiger charge is 2.46. The maximum absolute atomic E-state index is 12.2. The van der Waals surface area contributed by atoms with Crippen molar-refractivity contribution >= 4 is 12.0 Å². The van der Waals surface area contributed by atoms with Crippen LogP contribution in [0.15, 0.2) is 0 Å². The fourth-order valence-electron chi connectivity index (χ4n) is 2.85. The van der Waals surface area contributed by atoms with Crippen LogP contribution in [0.2, 0.25) is 0 Å². The van der Waals surface area contributed by atoms with Gasteiger partial charge in [0, 0.05) is 19.7 Å². The number of aliphatic carboxylic acids is 1. The Labute approximate surface area is 113 Å². The number of rotatable bonds is 3. The molecule has 2 unspecified atom stereocenters. The Bertz CT molecular complexity index is 379. The minimum Gasteiger partial charge on any atom is -0.480 e. The predicted octanol–water partition coefficient (Wildman–Crippen LogP) is 1.20. The maximum Gasteiger partial charge on any atom is 0.329 e. The van der Waals surface area contributed by atoms with Gasteiger partial charge in [-0.3, -0.25) is 0 Å². The second-order valence-electron chi connectivity index (χ2n) is 5.89. The van der Waals surface area contributed by atoms with Crippen molar-refractivity contribution in [1.29, 1.82) is 0 Å². The summed E-state index contributed by atoms with van der Waals surface area (Å²) >= 11 is 0. The summed E-state index contributed by atoms with van der Waals surface area (Å²) in [5, 5.41) is 12.1. The Morgan fingerprint density at radius 1 is 1.32 bits per heavy atom. The van der Waals surface area contributed by atoms with Crippen LogP contribution in [0.1, 0.15) is 39.5 Å². The molecule has 2 heterocycles. The lowest BCUT2D eigenvalue weighted by atomic mass is 9.99. The van der Waals surface area contributed by atoms with Crippen LogP contribution in [0.4, 0.5) is 4.79 Å². The van der Waals surface area contributed by atoms with Crippen LogP contribution < -0.4 is 5.32 Å². The first kappa shape index (κ1) is 14.1. The Morgan fingerprint density at radius 2 is 2.05 bits per heavy atom. The molecule has 0 aliphatic carbocycles. The molecule has 0 aromatic carbocycles. The van der Waals surface area contributed by atoms with Crippen LogP contribution in [0.5, 0.6) is 0 Å². The lowest BCUT2D eigenvalue weighted by Gasteiger charge is -2.32. The Morgan fingerprint density at radius 3 is 2.63 bits per heavy atom. The van der Waals surface area contributed by atoms with Gasteiger partial charge in [-0.15, -0.1) is 0 Å². The summed E-state index contributed by atoms with van der Waals surface area (Å²) in [4.78, 5) is 24.9. The molecule has 2 N–H and O–H groups in total. The van der Waals surface area contributed by atoms with Crippen molar-refractivity contribution < 1.29 is 19.4 Å². The second-order valence-corrected chi connectivity index (χ2v) is 5.89. The number of nitrogens with one attached hydrogen (secondary N) is 1. The van der Waals surface area contributed by atoms with E-state index < -0.39 is 11.5 Å². The minimum atomic E-state index is -1.08. The first-order valence-electron chi connectivity index (χ1n) is 6.80. The fraction of sp³-hybridized carbons (Fsp3) is 0.846. The molecule has 6 heteroatoms. The third-order valence-electron chi connectivity index (χ3n) is 4.26. The van der Waals surface area contributed by atoms with Crippen molar-refractivity contribution in [2.75, 3.05) is 19.7 Å². The lowest BCUT2D eigenvalue weighted by molar-refractivity contribution is -0.147. The number of ether oxygens (including phenoxy) is 1. The summed E-state index contributed by atoms with van der Waals surface area (Å²) in [5.41, 5.74) is -1.39. The van der Waals surface area contributed by atoms with E-state index in [0.29, 0.717) is 19.5 Å². The van der Waals surface area contributed by atoms with Crippen molar-refractivity contribution in [2.24, 2.45) is 0 Å². The van der Waals surface area contributed by atoms with E-state index in [1.165, 1.54) is 4.90 Å². The molecule has 2 amide bonds. The largest absolute Gasteiger partial charge is 0.480 e.